The summed E-state index contributed by atoms with van der Waals surface area (Å²) in [4.78, 5) is 13.3. The van der Waals surface area contributed by atoms with Gasteiger partial charge in [-0.2, -0.15) is 8.42 Å². The van der Waals surface area contributed by atoms with Gasteiger partial charge in [0.25, 0.3) is 10.0 Å². The van der Waals surface area contributed by atoms with Gasteiger partial charge in [0.05, 0.1) is 11.4 Å². The maximum absolute atomic E-state index is 12.7. The first-order valence-corrected chi connectivity index (χ1v) is 14.8. The number of nitrogens with zero attached hydrogens (tertiary/aromatic N) is 2. The van der Waals surface area contributed by atoms with Crippen LogP contribution in [0.5, 0.6) is 0 Å². The van der Waals surface area contributed by atoms with Gasteiger partial charge in [-0.15, -0.1) is 4.40 Å². The van der Waals surface area contributed by atoms with Crippen molar-refractivity contribution >= 4 is 30.3 Å². The number of benzene rings is 1. The van der Waals surface area contributed by atoms with Crippen LogP contribution in [0.2, 0.25) is 18.1 Å². The summed E-state index contributed by atoms with van der Waals surface area (Å²) in [7, 11) is -5.74. The number of amidine groups is 1. The van der Waals surface area contributed by atoms with E-state index in [1.54, 1.807) is 18.2 Å². The Hall–Kier alpha value is -1.97. The Morgan fingerprint density at radius 1 is 1.26 bits per heavy atom. The highest BCUT2D eigenvalue weighted by Crippen LogP contribution is 2.36. The zero-order valence-electron chi connectivity index (χ0n) is 19.3. The number of carbonyl (C=O) groups excluding carboxylic acids is 1. The highest BCUT2D eigenvalue weighted by molar-refractivity contribution is 7.90. The summed E-state index contributed by atoms with van der Waals surface area (Å²) in [5.41, 5.74) is 0.950. The van der Waals surface area contributed by atoms with E-state index in [1.165, 1.54) is 17.0 Å². The van der Waals surface area contributed by atoms with Crippen molar-refractivity contribution in [2.75, 3.05) is 19.8 Å². The lowest BCUT2D eigenvalue weighted by molar-refractivity contribution is 0.169. The van der Waals surface area contributed by atoms with Gasteiger partial charge in [-0.3, -0.25) is 4.90 Å². The molecule has 0 aliphatic carbocycles. The summed E-state index contributed by atoms with van der Waals surface area (Å²) in [5.74, 6) is 0.0633. The summed E-state index contributed by atoms with van der Waals surface area (Å²) in [5, 5.41) is 0.156. The standard InChI is InChI=1S/C22H34N2O5SSi/c1-18-11-13-19(14-12-18)30(26,27)23-20(24-15-17-28-21(24)25)10-8-7-9-16-29-31(5,6)22(2,3)4/h8,10-14H,7,9,15-17H2,1-6H3/b10-8-,23-20-. The molecule has 0 atom stereocenters. The molecule has 0 spiro atoms. The fourth-order valence-electron chi connectivity index (χ4n) is 2.59. The van der Waals surface area contributed by atoms with E-state index < -0.39 is 24.4 Å². The molecule has 0 unspecified atom stereocenters. The molecule has 7 nitrogen and oxygen atoms in total. The lowest BCUT2D eigenvalue weighted by Crippen LogP contribution is -2.40. The maximum atomic E-state index is 12.7. The van der Waals surface area contributed by atoms with Crippen LogP contribution >= 0.6 is 0 Å². The minimum Gasteiger partial charge on any atom is -0.447 e. The molecule has 2 rings (SSSR count). The first-order chi connectivity index (χ1) is 14.3. The molecule has 1 aliphatic rings. The van der Waals surface area contributed by atoms with Gasteiger partial charge in [-0.05, 0) is 56.1 Å². The molecule has 0 aromatic heterocycles. The Labute approximate surface area is 187 Å². The summed E-state index contributed by atoms with van der Waals surface area (Å²) in [6.45, 7) is 14.0. The van der Waals surface area contributed by atoms with Crippen molar-refractivity contribution in [3.63, 3.8) is 0 Å². The number of hydrogen-bond acceptors (Lipinski definition) is 5. The van der Waals surface area contributed by atoms with Crippen molar-refractivity contribution in [3.05, 3.63) is 42.0 Å². The molecule has 1 fully saturated rings. The van der Waals surface area contributed by atoms with E-state index >= 15 is 0 Å². The monoisotopic (exact) mass is 466 g/mol. The van der Waals surface area contributed by atoms with Gasteiger partial charge < -0.3 is 9.16 Å². The molecule has 172 valence electrons. The summed E-state index contributed by atoms with van der Waals surface area (Å²) in [6, 6.07) is 6.45. The van der Waals surface area contributed by atoms with E-state index in [0.29, 0.717) is 13.0 Å². The molecule has 1 amide bonds. The predicted octanol–water partition coefficient (Wildman–Crippen LogP) is 4.89. The zero-order valence-corrected chi connectivity index (χ0v) is 21.2. The van der Waals surface area contributed by atoms with Gasteiger partial charge in [0.2, 0.25) is 0 Å². The van der Waals surface area contributed by atoms with Crippen molar-refractivity contribution in [1.29, 1.82) is 0 Å². The van der Waals surface area contributed by atoms with Crippen LogP contribution in [0.4, 0.5) is 4.79 Å². The van der Waals surface area contributed by atoms with Crippen LogP contribution in [0, 0.1) is 6.92 Å². The molecule has 1 saturated heterocycles. The minimum absolute atomic E-state index is 0.0633. The third kappa shape index (κ3) is 7.01. The maximum Gasteiger partial charge on any atom is 0.415 e. The van der Waals surface area contributed by atoms with Gasteiger partial charge >= 0.3 is 6.09 Å². The van der Waals surface area contributed by atoms with Gasteiger partial charge in [-0.25, -0.2) is 4.79 Å². The van der Waals surface area contributed by atoms with Crippen LogP contribution in [-0.2, 0) is 19.2 Å². The Bertz CT molecular complexity index is 932. The second kappa shape index (κ2) is 10.1. The molecule has 1 aromatic carbocycles. The smallest absolute Gasteiger partial charge is 0.415 e. The molecule has 31 heavy (non-hydrogen) atoms. The van der Waals surface area contributed by atoms with E-state index in [-0.39, 0.29) is 28.9 Å². The van der Waals surface area contributed by atoms with Crippen LogP contribution in [0.1, 0.15) is 39.2 Å². The molecule has 1 aliphatic heterocycles. The molecule has 9 heteroatoms. The number of aryl methyl sites for hydroxylation is 1. The molecule has 1 aromatic rings. The van der Waals surface area contributed by atoms with Crippen LogP contribution in [-0.4, -0.2) is 53.3 Å². The lowest BCUT2D eigenvalue weighted by Gasteiger charge is -2.36. The first kappa shape index (κ1) is 25.3. The normalized spacial score (nSPS) is 16.3. The topological polar surface area (TPSA) is 85.3 Å². The highest BCUT2D eigenvalue weighted by Gasteiger charge is 2.36. The molecule has 0 N–H and O–H groups in total. The van der Waals surface area contributed by atoms with Gasteiger partial charge in [-0.1, -0.05) is 44.5 Å². The fraction of sp³-hybridized carbons (Fsp3) is 0.545. The molecular formula is C22H34N2O5SSi. The third-order valence-corrected chi connectivity index (χ3v) is 11.5. The lowest BCUT2D eigenvalue weighted by atomic mass is 10.2. The Morgan fingerprint density at radius 2 is 1.90 bits per heavy atom. The number of amides is 1. The summed E-state index contributed by atoms with van der Waals surface area (Å²) >= 11 is 0. The third-order valence-electron chi connectivity index (χ3n) is 5.62. The van der Waals surface area contributed by atoms with Crippen molar-refractivity contribution in [3.8, 4) is 0 Å². The number of sulfonamides is 1. The average molecular weight is 467 g/mol. The Morgan fingerprint density at radius 3 is 2.45 bits per heavy atom. The minimum atomic E-state index is -3.95. The number of rotatable bonds is 8. The van der Waals surface area contributed by atoms with Crippen LogP contribution in [0.3, 0.4) is 0 Å². The quantitative estimate of drug-likeness (QED) is 0.236. The summed E-state index contributed by atoms with van der Waals surface area (Å²) < 4.78 is 40.5. The second-order valence-corrected chi connectivity index (χ2v) is 15.6. The molecule has 1 heterocycles. The van der Waals surface area contributed by atoms with E-state index in [1.807, 2.05) is 13.0 Å². The highest BCUT2D eigenvalue weighted by atomic mass is 32.2. The molecule has 0 saturated carbocycles. The number of allylic oxidation sites excluding steroid dienone is 1. The van der Waals surface area contributed by atoms with Gasteiger partial charge in [0, 0.05) is 6.61 Å². The van der Waals surface area contributed by atoms with Gasteiger partial charge in [0.1, 0.15) is 6.61 Å². The number of ether oxygens (including phenoxy) is 1. The van der Waals surface area contributed by atoms with Crippen molar-refractivity contribution in [2.45, 2.75) is 63.6 Å². The predicted molar refractivity (Wildman–Crippen MR) is 125 cm³/mol. The van der Waals surface area contributed by atoms with E-state index in [0.717, 1.165) is 12.0 Å². The average Bonchev–Trinajstić information content (AvgIpc) is 3.08. The molecular weight excluding hydrogens is 432 g/mol. The molecule has 0 bridgehead atoms. The van der Waals surface area contributed by atoms with Crippen molar-refractivity contribution in [2.24, 2.45) is 4.40 Å². The number of carbonyl (C=O) groups is 1. The second-order valence-electron chi connectivity index (χ2n) is 9.16. The number of unbranched alkanes of at least 4 members (excludes halogenated alkanes) is 1. The van der Waals surface area contributed by atoms with Crippen LogP contribution in [0.15, 0.2) is 45.7 Å². The van der Waals surface area contributed by atoms with Crippen LogP contribution in [0.25, 0.3) is 0 Å². The van der Waals surface area contributed by atoms with Crippen LogP contribution < -0.4 is 0 Å². The summed E-state index contributed by atoms with van der Waals surface area (Å²) in [6.07, 6.45) is 4.28. The largest absolute Gasteiger partial charge is 0.447 e. The molecule has 0 radical (unpaired) electrons. The Kier molecular flexibility index (Phi) is 8.24. The van der Waals surface area contributed by atoms with E-state index in [2.05, 4.69) is 38.3 Å². The van der Waals surface area contributed by atoms with Gasteiger partial charge in [0.15, 0.2) is 14.2 Å². The van der Waals surface area contributed by atoms with Crippen molar-refractivity contribution in [1.82, 2.24) is 4.90 Å². The number of hydrogen-bond donors (Lipinski definition) is 0. The Balaban J connectivity index is 2.10. The zero-order chi connectivity index (χ0) is 23.3. The first-order valence-electron chi connectivity index (χ1n) is 10.5. The SMILES string of the molecule is Cc1ccc(S(=O)(=O)/N=C(/C=C\CCCO[Si](C)(C)C(C)(C)C)N2CCOC2=O)cc1. The number of cyclic esters (lactones) is 1. The van der Waals surface area contributed by atoms with Crippen molar-refractivity contribution < 1.29 is 22.4 Å². The fourth-order valence-corrected chi connectivity index (χ4v) is 4.67. The van der Waals surface area contributed by atoms with E-state index in [9.17, 15) is 13.2 Å². The van der Waals surface area contributed by atoms with E-state index in [4.69, 9.17) is 9.16 Å².